The highest BCUT2D eigenvalue weighted by Crippen LogP contribution is 2.20. The van der Waals surface area contributed by atoms with Gasteiger partial charge in [0.25, 0.3) is 0 Å². The van der Waals surface area contributed by atoms with Gasteiger partial charge >= 0.3 is 5.97 Å². The summed E-state index contributed by atoms with van der Waals surface area (Å²) in [7, 11) is 0. The maximum atomic E-state index is 11.1. The van der Waals surface area contributed by atoms with Crippen LogP contribution in [0.15, 0.2) is 0 Å². The predicted octanol–water partition coefficient (Wildman–Crippen LogP) is 1.67. The topological polar surface area (TPSA) is 43.4 Å². The molecule has 1 aliphatic carbocycles. The second-order valence-electron chi connectivity index (χ2n) is 3.23. The van der Waals surface area contributed by atoms with E-state index in [2.05, 4.69) is 0 Å². The molecule has 0 heterocycles. The molecule has 0 bridgehead atoms. The van der Waals surface area contributed by atoms with E-state index in [-0.39, 0.29) is 6.10 Å². The molecule has 4 heteroatoms. The summed E-state index contributed by atoms with van der Waals surface area (Å²) in [6, 6.07) is 0. The monoisotopic (exact) mass is 204 g/mol. The molecule has 0 aromatic rings. The molecule has 1 fully saturated rings. The summed E-state index contributed by atoms with van der Waals surface area (Å²) >= 11 is 5.39. The van der Waals surface area contributed by atoms with Crippen LogP contribution in [0.4, 0.5) is 0 Å². The first-order chi connectivity index (χ1) is 6.24. The number of aldehydes is 1. The number of esters is 1. The molecule has 74 valence electrons. The maximum Gasteiger partial charge on any atom is 0.331 e. The van der Waals surface area contributed by atoms with Gasteiger partial charge in [0.2, 0.25) is 0 Å². The number of carbonyl (C=O) groups is 2. The van der Waals surface area contributed by atoms with Crippen molar-refractivity contribution < 1.29 is 14.3 Å². The van der Waals surface area contributed by atoms with E-state index < -0.39 is 11.3 Å². The van der Waals surface area contributed by atoms with Crippen molar-refractivity contribution in [2.75, 3.05) is 0 Å². The summed E-state index contributed by atoms with van der Waals surface area (Å²) in [6.45, 7) is 0. The number of rotatable bonds is 3. The highest BCUT2D eigenvalue weighted by Gasteiger charge is 2.22. The van der Waals surface area contributed by atoms with E-state index in [0.29, 0.717) is 6.29 Å². The quantitative estimate of drug-likeness (QED) is 0.304. The Balaban J connectivity index is 2.29. The third kappa shape index (κ3) is 3.35. The van der Waals surface area contributed by atoms with Crippen LogP contribution in [0.3, 0.4) is 0 Å². The molecule has 0 amide bonds. The molecule has 1 atom stereocenters. The Morgan fingerprint density at radius 1 is 1.38 bits per heavy atom. The molecule has 1 saturated carbocycles. The fourth-order valence-electron chi connectivity index (χ4n) is 1.47. The Hall–Kier alpha value is -0.570. The van der Waals surface area contributed by atoms with Gasteiger partial charge in [-0.15, -0.1) is 11.6 Å². The lowest BCUT2D eigenvalue weighted by atomic mass is 9.98. The number of alkyl halides is 1. The molecule has 0 saturated heterocycles. The molecule has 0 radical (unpaired) electrons. The number of hydrogen-bond acceptors (Lipinski definition) is 3. The first kappa shape index (κ1) is 10.5. The lowest BCUT2D eigenvalue weighted by molar-refractivity contribution is -0.150. The van der Waals surface area contributed by atoms with Crippen LogP contribution in [0.5, 0.6) is 0 Å². The smallest absolute Gasteiger partial charge is 0.331 e. The number of halogens is 1. The third-order valence-electron chi connectivity index (χ3n) is 2.18. The molecule has 0 aromatic heterocycles. The number of hydrogen-bond donors (Lipinski definition) is 0. The van der Waals surface area contributed by atoms with Crippen molar-refractivity contribution >= 4 is 23.9 Å². The van der Waals surface area contributed by atoms with Crippen LogP contribution in [0, 0.1) is 0 Å². The van der Waals surface area contributed by atoms with Gasteiger partial charge < -0.3 is 9.53 Å². The van der Waals surface area contributed by atoms with Crippen molar-refractivity contribution in [3.8, 4) is 0 Å². The molecule has 0 aromatic carbocycles. The van der Waals surface area contributed by atoms with E-state index in [0.717, 1.165) is 25.7 Å². The van der Waals surface area contributed by atoms with Crippen molar-refractivity contribution in [3.63, 3.8) is 0 Å². The fraction of sp³-hybridized carbons (Fsp3) is 0.778. The highest BCUT2D eigenvalue weighted by atomic mass is 35.5. The van der Waals surface area contributed by atoms with Crippen molar-refractivity contribution in [3.05, 3.63) is 0 Å². The summed E-state index contributed by atoms with van der Waals surface area (Å²) in [5.41, 5.74) is 0. The van der Waals surface area contributed by atoms with E-state index in [4.69, 9.17) is 16.3 Å². The normalized spacial score (nSPS) is 20.7. The average Bonchev–Trinajstić information content (AvgIpc) is 2.18. The van der Waals surface area contributed by atoms with E-state index in [9.17, 15) is 9.59 Å². The molecule has 13 heavy (non-hydrogen) atoms. The summed E-state index contributed by atoms with van der Waals surface area (Å²) in [4.78, 5) is 21.2. The molecule has 3 nitrogen and oxygen atoms in total. The lowest BCUT2D eigenvalue weighted by Gasteiger charge is -2.21. The molecule has 0 spiro atoms. The fourth-order valence-corrected chi connectivity index (χ4v) is 1.52. The largest absolute Gasteiger partial charge is 0.461 e. The van der Waals surface area contributed by atoms with Crippen molar-refractivity contribution in [1.82, 2.24) is 0 Å². The SMILES string of the molecule is O=CC(Cl)C(=O)OC1CCCCC1. The summed E-state index contributed by atoms with van der Waals surface area (Å²) in [5, 5.41) is -1.14. The molecule has 1 rings (SSSR count). The van der Waals surface area contributed by atoms with Crippen LogP contribution in [-0.4, -0.2) is 23.7 Å². The van der Waals surface area contributed by atoms with Crippen LogP contribution in [0.25, 0.3) is 0 Å². The molecular formula is C9H13ClO3. The number of carbonyl (C=O) groups excluding carboxylic acids is 2. The van der Waals surface area contributed by atoms with Crippen molar-refractivity contribution in [2.45, 2.75) is 43.6 Å². The summed E-state index contributed by atoms with van der Waals surface area (Å²) < 4.78 is 5.04. The zero-order valence-electron chi connectivity index (χ0n) is 7.37. The van der Waals surface area contributed by atoms with Gasteiger partial charge in [0.1, 0.15) is 12.4 Å². The van der Waals surface area contributed by atoms with Gasteiger partial charge in [0, 0.05) is 0 Å². The van der Waals surface area contributed by atoms with Gasteiger partial charge in [-0.1, -0.05) is 6.42 Å². The van der Waals surface area contributed by atoms with Crippen LogP contribution in [0.1, 0.15) is 32.1 Å². The van der Waals surface area contributed by atoms with Crippen LogP contribution < -0.4 is 0 Å². The Morgan fingerprint density at radius 2 is 2.00 bits per heavy atom. The average molecular weight is 205 g/mol. The van der Waals surface area contributed by atoms with Crippen molar-refractivity contribution in [1.29, 1.82) is 0 Å². The van der Waals surface area contributed by atoms with Crippen LogP contribution >= 0.6 is 11.6 Å². The molecule has 0 aliphatic heterocycles. The van der Waals surface area contributed by atoms with Gasteiger partial charge in [-0.05, 0) is 25.7 Å². The third-order valence-corrected chi connectivity index (χ3v) is 2.46. The zero-order valence-corrected chi connectivity index (χ0v) is 8.13. The maximum absolute atomic E-state index is 11.1. The van der Waals surface area contributed by atoms with Crippen LogP contribution in [0.2, 0.25) is 0 Å². The zero-order chi connectivity index (χ0) is 9.68. The van der Waals surface area contributed by atoms with E-state index in [1.54, 1.807) is 0 Å². The minimum absolute atomic E-state index is 0.0255. The summed E-state index contributed by atoms with van der Waals surface area (Å²) in [6.07, 6.45) is 5.54. The Labute approximate surface area is 82.4 Å². The van der Waals surface area contributed by atoms with Crippen LogP contribution in [-0.2, 0) is 14.3 Å². The molecule has 0 N–H and O–H groups in total. The first-order valence-corrected chi connectivity index (χ1v) is 4.97. The predicted molar refractivity (Wildman–Crippen MR) is 48.7 cm³/mol. The second kappa shape index (κ2) is 5.22. The van der Waals surface area contributed by atoms with Gasteiger partial charge in [-0.2, -0.15) is 0 Å². The highest BCUT2D eigenvalue weighted by molar-refractivity contribution is 6.37. The van der Waals surface area contributed by atoms with E-state index in [1.165, 1.54) is 6.42 Å². The minimum atomic E-state index is -1.14. The van der Waals surface area contributed by atoms with Gasteiger partial charge in [0.15, 0.2) is 5.38 Å². The van der Waals surface area contributed by atoms with Gasteiger partial charge in [-0.3, -0.25) is 0 Å². The molecular weight excluding hydrogens is 192 g/mol. The van der Waals surface area contributed by atoms with Crippen molar-refractivity contribution in [2.24, 2.45) is 0 Å². The Kier molecular flexibility index (Phi) is 4.22. The minimum Gasteiger partial charge on any atom is -0.461 e. The van der Waals surface area contributed by atoms with Gasteiger partial charge in [0.05, 0.1) is 0 Å². The van der Waals surface area contributed by atoms with E-state index >= 15 is 0 Å². The second-order valence-corrected chi connectivity index (χ2v) is 3.70. The van der Waals surface area contributed by atoms with Gasteiger partial charge in [-0.25, -0.2) is 4.79 Å². The first-order valence-electron chi connectivity index (χ1n) is 4.54. The van der Waals surface area contributed by atoms with E-state index in [1.807, 2.05) is 0 Å². The summed E-state index contributed by atoms with van der Waals surface area (Å²) in [5.74, 6) is -0.608. The standard InChI is InChI=1S/C9H13ClO3/c10-8(6-11)9(12)13-7-4-2-1-3-5-7/h6-8H,1-5H2. The molecule has 1 aliphatic rings. The Morgan fingerprint density at radius 3 is 2.54 bits per heavy atom. The lowest BCUT2D eigenvalue weighted by Crippen LogP contribution is -2.27. The Bertz CT molecular complexity index is 187. The molecule has 1 unspecified atom stereocenters. The number of ether oxygens (including phenoxy) is 1.